The van der Waals surface area contributed by atoms with E-state index in [-0.39, 0.29) is 12.2 Å². The molecule has 0 radical (unpaired) electrons. The average molecular weight is 226 g/mol. The van der Waals surface area contributed by atoms with Gasteiger partial charge in [-0.25, -0.2) is 0 Å². The molecule has 1 aliphatic heterocycles. The van der Waals surface area contributed by atoms with Crippen molar-refractivity contribution < 1.29 is 4.79 Å². The maximum Gasteiger partial charge on any atom is 0.241 e. The van der Waals surface area contributed by atoms with Crippen molar-refractivity contribution >= 4 is 5.91 Å². The number of unbranched alkanes of at least 4 members (excludes halogenated alkanes) is 3. The van der Waals surface area contributed by atoms with Crippen LogP contribution >= 0.6 is 0 Å². The van der Waals surface area contributed by atoms with Crippen molar-refractivity contribution in [3.05, 3.63) is 0 Å². The highest BCUT2D eigenvalue weighted by atomic mass is 16.2. The molecule has 16 heavy (non-hydrogen) atoms. The second-order valence-corrected chi connectivity index (χ2v) is 4.78. The Kier molecular flexibility index (Phi) is 5.81. The fourth-order valence-electron chi connectivity index (χ4n) is 2.29. The molecule has 0 bridgehead atoms. The van der Waals surface area contributed by atoms with Gasteiger partial charge in [-0.15, -0.1) is 0 Å². The van der Waals surface area contributed by atoms with Gasteiger partial charge >= 0.3 is 0 Å². The summed E-state index contributed by atoms with van der Waals surface area (Å²) in [4.78, 5) is 14.1. The van der Waals surface area contributed by atoms with Gasteiger partial charge < -0.3 is 4.90 Å². The monoisotopic (exact) mass is 226 g/mol. The van der Waals surface area contributed by atoms with Crippen molar-refractivity contribution in [3.63, 3.8) is 0 Å². The minimum Gasteiger partial charge on any atom is -0.326 e. The van der Waals surface area contributed by atoms with Gasteiger partial charge in [-0.3, -0.25) is 10.1 Å². The first-order chi connectivity index (χ1) is 7.70. The van der Waals surface area contributed by atoms with Gasteiger partial charge in [0.1, 0.15) is 0 Å². The van der Waals surface area contributed by atoms with E-state index in [2.05, 4.69) is 26.1 Å². The summed E-state index contributed by atoms with van der Waals surface area (Å²) in [5.74, 6) is 0.317. The normalized spacial score (nSPS) is 25.4. The predicted octanol–water partition coefficient (Wildman–Crippen LogP) is 2.51. The summed E-state index contributed by atoms with van der Waals surface area (Å²) < 4.78 is 0. The van der Waals surface area contributed by atoms with Crippen LogP contribution in [0.25, 0.3) is 0 Å². The zero-order chi connectivity index (χ0) is 12.0. The molecule has 0 aromatic carbocycles. The van der Waals surface area contributed by atoms with Gasteiger partial charge in [0, 0.05) is 6.54 Å². The van der Waals surface area contributed by atoms with Crippen LogP contribution in [0.15, 0.2) is 0 Å². The number of hydrogen-bond donors (Lipinski definition) is 1. The number of nitrogens with zero attached hydrogens (tertiary/aromatic N) is 1. The maximum atomic E-state index is 12.1. The number of carbonyl (C=O) groups is 1. The molecule has 1 amide bonds. The van der Waals surface area contributed by atoms with E-state index in [1.165, 1.54) is 12.8 Å². The van der Waals surface area contributed by atoms with E-state index in [1.54, 1.807) is 0 Å². The quantitative estimate of drug-likeness (QED) is 0.677. The molecule has 1 rings (SSSR count). The topological polar surface area (TPSA) is 32.3 Å². The summed E-state index contributed by atoms with van der Waals surface area (Å²) >= 11 is 0. The van der Waals surface area contributed by atoms with E-state index in [1.807, 2.05) is 4.90 Å². The van der Waals surface area contributed by atoms with E-state index in [9.17, 15) is 4.79 Å². The molecule has 3 nitrogen and oxygen atoms in total. The Morgan fingerprint density at radius 3 is 2.50 bits per heavy atom. The SMILES string of the molecule is CCCCCN1C(=O)C(CCCC)NC1C. The van der Waals surface area contributed by atoms with Crippen molar-refractivity contribution in [2.75, 3.05) is 6.54 Å². The Morgan fingerprint density at radius 2 is 1.88 bits per heavy atom. The zero-order valence-corrected chi connectivity index (χ0v) is 11.0. The third-order valence-corrected chi connectivity index (χ3v) is 3.34. The minimum atomic E-state index is 0.0802. The highest BCUT2D eigenvalue weighted by molar-refractivity contribution is 5.84. The van der Waals surface area contributed by atoms with E-state index >= 15 is 0 Å². The molecule has 1 saturated heterocycles. The molecular formula is C13H26N2O. The molecule has 0 aromatic heterocycles. The Bertz CT molecular complexity index is 218. The first-order valence-corrected chi connectivity index (χ1v) is 6.77. The number of carbonyl (C=O) groups excluding carboxylic acids is 1. The van der Waals surface area contributed by atoms with E-state index in [0.29, 0.717) is 5.91 Å². The van der Waals surface area contributed by atoms with E-state index in [0.717, 1.165) is 32.2 Å². The van der Waals surface area contributed by atoms with Gasteiger partial charge in [0.05, 0.1) is 12.2 Å². The molecule has 0 aliphatic carbocycles. The maximum absolute atomic E-state index is 12.1. The fourth-order valence-corrected chi connectivity index (χ4v) is 2.29. The standard InChI is InChI=1S/C13H26N2O/c1-4-6-8-10-15-11(3)14-12(13(15)16)9-7-5-2/h11-12,14H,4-10H2,1-3H3. The highest BCUT2D eigenvalue weighted by Gasteiger charge is 2.34. The van der Waals surface area contributed by atoms with E-state index < -0.39 is 0 Å². The van der Waals surface area contributed by atoms with Crippen LogP contribution in [0.5, 0.6) is 0 Å². The molecule has 2 atom stereocenters. The molecular weight excluding hydrogens is 200 g/mol. The van der Waals surface area contributed by atoms with Crippen LogP contribution in [0.3, 0.4) is 0 Å². The molecule has 0 spiro atoms. The average Bonchev–Trinajstić information content (AvgIpc) is 2.54. The van der Waals surface area contributed by atoms with Crippen LogP contribution in [0.1, 0.15) is 59.3 Å². The van der Waals surface area contributed by atoms with Gasteiger partial charge in [-0.1, -0.05) is 39.5 Å². The number of rotatable bonds is 7. The molecule has 1 aliphatic rings. The van der Waals surface area contributed by atoms with Gasteiger partial charge in [-0.2, -0.15) is 0 Å². The molecule has 1 fully saturated rings. The lowest BCUT2D eigenvalue weighted by Gasteiger charge is -2.20. The van der Waals surface area contributed by atoms with E-state index in [4.69, 9.17) is 0 Å². The largest absolute Gasteiger partial charge is 0.326 e. The third kappa shape index (κ3) is 3.48. The van der Waals surface area contributed by atoms with Crippen molar-refractivity contribution in [1.82, 2.24) is 10.2 Å². The van der Waals surface area contributed by atoms with Gasteiger partial charge in [0.25, 0.3) is 0 Å². The Balaban J connectivity index is 2.37. The van der Waals surface area contributed by atoms with Crippen LogP contribution in [0.4, 0.5) is 0 Å². The molecule has 94 valence electrons. The van der Waals surface area contributed by atoms with Crippen molar-refractivity contribution in [2.45, 2.75) is 71.5 Å². The zero-order valence-electron chi connectivity index (χ0n) is 11.0. The number of nitrogens with one attached hydrogen (secondary N) is 1. The molecule has 0 aromatic rings. The Morgan fingerprint density at radius 1 is 1.19 bits per heavy atom. The molecule has 1 heterocycles. The Hall–Kier alpha value is -0.570. The predicted molar refractivity (Wildman–Crippen MR) is 67.1 cm³/mol. The van der Waals surface area contributed by atoms with Crippen molar-refractivity contribution in [1.29, 1.82) is 0 Å². The molecule has 3 heteroatoms. The van der Waals surface area contributed by atoms with Gasteiger partial charge in [0.15, 0.2) is 0 Å². The van der Waals surface area contributed by atoms with Crippen LogP contribution in [0.2, 0.25) is 0 Å². The second kappa shape index (κ2) is 6.89. The third-order valence-electron chi connectivity index (χ3n) is 3.34. The van der Waals surface area contributed by atoms with Gasteiger partial charge in [0.2, 0.25) is 5.91 Å². The van der Waals surface area contributed by atoms with Crippen molar-refractivity contribution in [3.8, 4) is 0 Å². The lowest BCUT2D eigenvalue weighted by molar-refractivity contribution is -0.130. The first-order valence-electron chi connectivity index (χ1n) is 6.77. The number of hydrogen-bond acceptors (Lipinski definition) is 2. The summed E-state index contributed by atoms with van der Waals surface area (Å²) in [6, 6.07) is 0.0802. The minimum absolute atomic E-state index is 0.0802. The van der Waals surface area contributed by atoms with Crippen LogP contribution in [0, 0.1) is 0 Å². The smallest absolute Gasteiger partial charge is 0.241 e. The fraction of sp³-hybridized carbons (Fsp3) is 0.923. The summed E-state index contributed by atoms with van der Waals surface area (Å²) in [5.41, 5.74) is 0. The summed E-state index contributed by atoms with van der Waals surface area (Å²) in [7, 11) is 0. The van der Waals surface area contributed by atoms with Crippen LogP contribution in [-0.2, 0) is 4.79 Å². The van der Waals surface area contributed by atoms with Gasteiger partial charge in [-0.05, 0) is 19.8 Å². The lowest BCUT2D eigenvalue weighted by Crippen LogP contribution is -2.35. The first kappa shape index (κ1) is 13.5. The molecule has 2 unspecified atom stereocenters. The summed E-state index contributed by atoms with van der Waals surface area (Å²) in [6.07, 6.45) is 7.08. The molecule has 0 saturated carbocycles. The lowest BCUT2D eigenvalue weighted by atomic mass is 10.1. The summed E-state index contributed by atoms with van der Waals surface area (Å²) in [6.45, 7) is 7.37. The van der Waals surface area contributed by atoms with Crippen molar-refractivity contribution in [2.24, 2.45) is 0 Å². The molecule has 1 N–H and O–H groups in total. The van der Waals surface area contributed by atoms with Crippen LogP contribution < -0.4 is 5.32 Å². The Labute approximate surface area is 99.6 Å². The highest BCUT2D eigenvalue weighted by Crippen LogP contribution is 2.16. The summed E-state index contributed by atoms with van der Waals surface area (Å²) in [5, 5.41) is 3.39. The number of amides is 1. The van der Waals surface area contributed by atoms with Crippen LogP contribution in [-0.4, -0.2) is 29.6 Å². The second-order valence-electron chi connectivity index (χ2n) is 4.78.